The molecule has 0 spiro atoms. The van der Waals surface area contributed by atoms with E-state index in [0.29, 0.717) is 0 Å². The molecule has 1 unspecified atom stereocenters. The summed E-state index contributed by atoms with van der Waals surface area (Å²) < 4.78 is 40.4. The monoisotopic (exact) mass is 338 g/mol. The van der Waals surface area contributed by atoms with Crippen molar-refractivity contribution in [2.75, 3.05) is 0 Å². The van der Waals surface area contributed by atoms with E-state index in [1.807, 2.05) is 0 Å². The summed E-state index contributed by atoms with van der Waals surface area (Å²) in [6.07, 6.45) is -0.804. The van der Waals surface area contributed by atoms with E-state index in [-0.39, 0.29) is 22.0 Å². The zero-order valence-electron chi connectivity index (χ0n) is 10.7. The van der Waals surface area contributed by atoms with Gasteiger partial charge in [-0.3, -0.25) is 4.79 Å². The molecule has 1 aromatic carbocycles. The summed E-state index contributed by atoms with van der Waals surface area (Å²) in [6.45, 7) is 0. The van der Waals surface area contributed by atoms with Crippen molar-refractivity contribution in [2.45, 2.75) is 30.9 Å². The van der Waals surface area contributed by atoms with Crippen molar-refractivity contribution in [3.8, 4) is 12.3 Å². The van der Waals surface area contributed by atoms with Gasteiger partial charge in [0.2, 0.25) is 0 Å². The Kier molecular flexibility index (Phi) is 5.54. The highest BCUT2D eigenvalue weighted by atomic mass is 35.5. The van der Waals surface area contributed by atoms with Gasteiger partial charge in [0, 0.05) is 16.5 Å². The first-order chi connectivity index (χ1) is 9.62. The van der Waals surface area contributed by atoms with Crippen LogP contribution in [0.25, 0.3) is 0 Å². The number of carboxylic acid groups (broad SMARTS) is 1. The summed E-state index contributed by atoms with van der Waals surface area (Å²) >= 11 is 11.5. The van der Waals surface area contributed by atoms with Gasteiger partial charge in [-0.1, -0.05) is 29.1 Å². The van der Waals surface area contributed by atoms with Crippen LogP contribution in [0.4, 0.5) is 13.2 Å². The second-order valence-electron chi connectivity index (χ2n) is 4.45. The fourth-order valence-electron chi connectivity index (χ4n) is 1.99. The Balaban J connectivity index is 3.30. The van der Waals surface area contributed by atoms with Gasteiger partial charge in [0.1, 0.15) is 0 Å². The number of carboxylic acids is 1. The van der Waals surface area contributed by atoms with Crippen molar-refractivity contribution < 1.29 is 23.1 Å². The number of halogens is 5. The van der Waals surface area contributed by atoms with Gasteiger partial charge in [0.15, 0.2) is 5.41 Å². The van der Waals surface area contributed by atoms with E-state index >= 15 is 0 Å². The van der Waals surface area contributed by atoms with E-state index in [4.69, 9.17) is 34.7 Å². The van der Waals surface area contributed by atoms with Crippen LogP contribution < -0.4 is 0 Å². The third-order valence-corrected chi connectivity index (χ3v) is 3.46. The highest BCUT2D eigenvalue weighted by Crippen LogP contribution is 2.45. The van der Waals surface area contributed by atoms with Crippen LogP contribution in [0.15, 0.2) is 18.2 Å². The Morgan fingerprint density at radius 3 is 2.14 bits per heavy atom. The lowest BCUT2D eigenvalue weighted by Crippen LogP contribution is -2.41. The van der Waals surface area contributed by atoms with Gasteiger partial charge in [-0.15, -0.1) is 6.42 Å². The molecular weight excluding hydrogens is 328 g/mol. The van der Waals surface area contributed by atoms with Gasteiger partial charge >= 0.3 is 12.1 Å². The van der Waals surface area contributed by atoms with Gasteiger partial charge in [0.25, 0.3) is 0 Å². The summed E-state index contributed by atoms with van der Waals surface area (Å²) in [5, 5.41) is 8.62. The fourth-order valence-corrected chi connectivity index (χ4v) is 2.52. The molecule has 0 saturated heterocycles. The number of terminal acetylenes is 1. The lowest BCUT2D eigenvalue weighted by Gasteiger charge is -2.31. The first kappa shape index (κ1) is 17.7. The van der Waals surface area contributed by atoms with Crippen molar-refractivity contribution in [1.29, 1.82) is 0 Å². The normalized spacial score (nSPS) is 14.3. The quantitative estimate of drug-likeness (QED) is 0.791. The molecule has 2 nitrogen and oxygen atoms in total. The first-order valence-electron chi connectivity index (χ1n) is 5.85. The molecule has 0 aliphatic heterocycles. The maximum absolute atomic E-state index is 13.5. The van der Waals surface area contributed by atoms with Gasteiger partial charge in [0.05, 0.1) is 0 Å². The van der Waals surface area contributed by atoms with E-state index in [1.54, 1.807) is 5.92 Å². The molecule has 1 rings (SSSR count). The Labute approximate surface area is 129 Å². The van der Waals surface area contributed by atoms with Crippen LogP contribution in [0, 0.1) is 12.3 Å². The lowest BCUT2D eigenvalue weighted by atomic mass is 9.76. The Hall–Kier alpha value is -1.38. The van der Waals surface area contributed by atoms with E-state index in [1.165, 1.54) is 6.07 Å². The molecule has 1 N–H and O–H groups in total. The zero-order valence-corrected chi connectivity index (χ0v) is 12.2. The van der Waals surface area contributed by atoms with Crippen LogP contribution >= 0.6 is 23.2 Å². The van der Waals surface area contributed by atoms with Gasteiger partial charge < -0.3 is 5.11 Å². The minimum absolute atomic E-state index is 0.0274. The highest BCUT2D eigenvalue weighted by molar-refractivity contribution is 6.34. The molecule has 1 aromatic rings. The number of rotatable bonds is 5. The minimum Gasteiger partial charge on any atom is -0.481 e. The predicted octanol–water partition coefficient (Wildman–Crippen LogP) is 4.68. The van der Waals surface area contributed by atoms with E-state index in [2.05, 4.69) is 0 Å². The van der Waals surface area contributed by atoms with Crippen LogP contribution in [0.5, 0.6) is 0 Å². The summed E-state index contributed by atoms with van der Waals surface area (Å²) in [6, 6.07) is 3.49. The molecule has 0 radical (unpaired) electrons. The molecule has 1 atom stereocenters. The zero-order chi connectivity index (χ0) is 16.3. The van der Waals surface area contributed by atoms with Crippen molar-refractivity contribution in [2.24, 2.45) is 0 Å². The molecule has 0 aromatic heterocycles. The lowest BCUT2D eigenvalue weighted by molar-refractivity contribution is -0.175. The molecular formula is C14H11Cl2F3O2. The SMILES string of the molecule is C#CC(CCCC(=O)O)(c1cc(Cl)cc(Cl)c1)C(F)(F)F. The Morgan fingerprint density at radius 2 is 1.76 bits per heavy atom. The average molecular weight is 339 g/mol. The average Bonchev–Trinajstić information content (AvgIpc) is 2.31. The maximum atomic E-state index is 13.5. The predicted molar refractivity (Wildman–Crippen MR) is 74.5 cm³/mol. The standard InChI is InChI=1S/C14H11Cl2F3O2/c1-2-13(14(17,18)19,5-3-4-12(20)21)9-6-10(15)8-11(16)7-9/h1,6-8H,3-5H2,(H,20,21). The third kappa shape index (κ3) is 4.05. The Morgan fingerprint density at radius 1 is 1.24 bits per heavy atom. The van der Waals surface area contributed by atoms with E-state index < -0.39 is 30.4 Å². The van der Waals surface area contributed by atoms with Gasteiger partial charge in [-0.2, -0.15) is 13.2 Å². The molecule has 0 fully saturated rings. The van der Waals surface area contributed by atoms with Crippen molar-refractivity contribution >= 4 is 29.2 Å². The summed E-state index contributed by atoms with van der Waals surface area (Å²) in [5.74, 6) is 0.577. The molecule has 0 amide bonds. The maximum Gasteiger partial charge on any atom is 0.409 e. The van der Waals surface area contributed by atoms with Gasteiger partial charge in [-0.25, -0.2) is 0 Å². The second-order valence-corrected chi connectivity index (χ2v) is 5.33. The van der Waals surface area contributed by atoms with Crippen molar-refractivity contribution in [3.63, 3.8) is 0 Å². The number of carbonyl (C=O) groups is 1. The topological polar surface area (TPSA) is 37.3 Å². The van der Waals surface area contributed by atoms with E-state index in [9.17, 15) is 18.0 Å². The fraction of sp³-hybridized carbons (Fsp3) is 0.357. The van der Waals surface area contributed by atoms with Crippen LogP contribution in [-0.2, 0) is 10.2 Å². The van der Waals surface area contributed by atoms with Crippen LogP contribution in [0.1, 0.15) is 24.8 Å². The van der Waals surface area contributed by atoms with Gasteiger partial charge in [-0.05, 0) is 36.6 Å². The van der Waals surface area contributed by atoms with Crippen LogP contribution in [0.3, 0.4) is 0 Å². The third-order valence-electron chi connectivity index (χ3n) is 3.03. The number of alkyl halides is 3. The highest BCUT2D eigenvalue weighted by Gasteiger charge is 2.54. The second kappa shape index (κ2) is 6.59. The van der Waals surface area contributed by atoms with Crippen molar-refractivity contribution in [3.05, 3.63) is 33.8 Å². The van der Waals surface area contributed by atoms with Crippen molar-refractivity contribution in [1.82, 2.24) is 0 Å². The molecule has 7 heteroatoms. The molecule has 0 heterocycles. The number of hydrogen-bond acceptors (Lipinski definition) is 1. The number of hydrogen-bond donors (Lipinski definition) is 1. The molecule has 0 saturated carbocycles. The number of benzene rings is 1. The van der Waals surface area contributed by atoms with Crippen LogP contribution in [0.2, 0.25) is 10.0 Å². The van der Waals surface area contributed by atoms with E-state index in [0.717, 1.165) is 12.1 Å². The molecule has 0 aliphatic carbocycles. The summed E-state index contributed by atoms with van der Waals surface area (Å²) in [7, 11) is 0. The largest absolute Gasteiger partial charge is 0.481 e. The first-order valence-corrected chi connectivity index (χ1v) is 6.61. The summed E-state index contributed by atoms with van der Waals surface area (Å²) in [4.78, 5) is 10.5. The molecule has 0 bridgehead atoms. The number of aliphatic carboxylic acids is 1. The molecule has 114 valence electrons. The smallest absolute Gasteiger partial charge is 0.409 e. The molecule has 21 heavy (non-hydrogen) atoms. The Bertz CT molecular complexity index is 558. The molecule has 0 aliphatic rings. The summed E-state index contributed by atoms with van der Waals surface area (Å²) in [5.41, 5.74) is -2.88. The minimum atomic E-state index is -4.76. The van der Waals surface area contributed by atoms with Crippen LogP contribution in [-0.4, -0.2) is 17.3 Å².